The minimum atomic E-state index is -4.47. The molecule has 1 aliphatic carbocycles. The first-order valence-electron chi connectivity index (χ1n) is 12.4. The fourth-order valence-corrected chi connectivity index (χ4v) is 5.97. The molecule has 2 atom stereocenters. The van der Waals surface area contributed by atoms with Crippen LogP contribution in [0, 0.1) is 5.41 Å². The lowest BCUT2D eigenvalue weighted by Gasteiger charge is -2.47. The molecule has 0 radical (unpaired) electrons. The quantitative estimate of drug-likeness (QED) is 0.513. The molecule has 2 aromatic rings. The summed E-state index contributed by atoms with van der Waals surface area (Å²) in [6.45, 7) is 6.77. The van der Waals surface area contributed by atoms with Crippen molar-refractivity contribution in [3.63, 3.8) is 0 Å². The predicted octanol–water partition coefficient (Wildman–Crippen LogP) is 6.31. The number of Topliss-reactive ketones (excluding diaryl/α,β-unsaturated/α-hetero) is 1. The molecule has 0 spiro atoms. The third kappa shape index (κ3) is 4.34. The maximum Gasteiger partial charge on any atom is 0.433 e. The summed E-state index contributed by atoms with van der Waals surface area (Å²) in [4.78, 5) is 19.1. The van der Waals surface area contributed by atoms with Gasteiger partial charge in [0.05, 0.1) is 23.5 Å². The lowest BCUT2D eigenvalue weighted by Crippen LogP contribution is -2.51. The number of carbonyl (C=O) groups is 1. The summed E-state index contributed by atoms with van der Waals surface area (Å²) < 4.78 is 38.7. The Morgan fingerprint density at radius 1 is 1.16 bits per heavy atom. The number of aromatic nitrogens is 1. The number of ketones is 1. The zero-order valence-corrected chi connectivity index (χ0v) is 21.4. The van der Waals surface area contributed by atoms with Gasteiger partial charge in [-0.05, 0) is 41.5 Å². The van der Waals surface area contributed by atoms with E-state index in [-0.39, 0.29) is 17.4 Å². The van der Waals surface area contributed by atoms with Gasteiger partial charge in [0.1, 0.15) is 5.69 Å². The molecule has 194 valence electrons. The molecule has 0 fully saturated rings. The number of hydrogen-bond donors (Lipinski definition) is 1. The van der Waals surface area contributed by atoms with Crippen LogP contribution in [0.15, 0.2) is 75.9 Å². The van der Waals surface area contributed by atoms with Crippen LogP contribution < -0.4 is 10.2 Å². The first-order valence-corrected chi connectivity index (χ1v) is 12.4. The van der Waals surface area contributed by atoms with Gasteiger partial charge < -0.3 is 10.2 Å². The number of anilines is 1. The monoisotopic (exact) mass is 509 g/mol. The number of nitrogens with one attached hydrogen (secondary N) is 1. The largest absolute Gasteiger partial charge is 0.433 e. The van der Waals surface area contributed by atoms with Crippen LogP contribution in [-0.2, 0) is 22.9 Å². The van der Waals surface area contributed by atoms with E-state index >= 15 is 0 Å². The second-order valence-electron chi connectivity index (χ2n) is 10.9. The Bertz CT molecular complexity index is 1330. The van der Waals surface area contributed by atoms with Gasteiger partial charge in [0.2, 0.25) is 0 Å². The van der Waals surface area contributed by atoms with Crippen molar-refractivity contribution in [3.05, 3.63) is 82.5 Å². The van der Waals surface area contributed by atoms with Crippen molar-refractivity contribution in [1.29, 1.82) is 0 Å². The Hall–Kier alpha value is -3.49. The summed E-state index contributed by atoms with van der Waals surface area (Å²) in [6.07, 6.45) is 0.163. The van der Waals surface area contributed by atoms with E-state index < -0.39 is 17.3 Å². The average molecular weight is 510 g/mol. The zero-order valence-electron chi connectivity index (χ0n) is 21.4. The number of nitrogens with zero attached hydrogens (tertiary/aromatic N) is 4. The summed E-state index contributed by atoms with van der Waals surface area (Å²) in [5, 5.41) is 12.1. The van der Waals surface area contributed by atoms with Crippen LogP contribution in [0.2, 0.25) is 0 Å². The molecule has 1 aromatic heterocycles. The molecule has 1 aromatic carbocycles. The number of rotatable bonds is 5. The highest BCUT2D eigenvalue weighted by Crippen LogP contribution is 2.53. The average Bonchev–Trinajstić information content (AvgIpc) is 3.30. The smallest absolute Gasteiger partial charge is 0.369 e. The number of benzene rings is 1. The second kappa shape index (κ2) is 8.82. The number of halogens is 3. The molecule has 0 bridgehead atoms. The van der Waals surface area contributed by atoms with Crippen molar-refractivity contribution in [2.75, 3.05) is 11.9 Å². The van der Waals surface area contributed by atoms with Crippen LogP contribution in [-0.4, -0.2) is 24.0 Å². The third-order valence-electron chi connectivity index (χ3n) is 7.63. The van der Waals surface area contributed by atoms with Gasteiger partial charge in [-0.3, -0.25) is 4.79 Å². The number of carbonyl (C=O) groups excluding carboxylic acids is 1. The standard InChI is InChI=1S/C28H30F3N5O/c1-5-27(20-15-33-35-25(20)34-21-12-26(2,3)13-22(37)24(21)27)18-8-6-7-17(11-18)16-36(4)19-9-10-23(32-14-19)28(29,30)31/h6-11,14-15,25,34H,5,12-13,16H2,1-4H3/t25?,27-/m0/s1. The van der Waals surface area contributed by atoms with E-state index in [4.69, 9.17) is 0 Å². The van der Waals surface area contributed by atoms with Gasteiger partial charge in [-0.2, -0.15) is 23.4 Å². The van der Waals surface area contributed by atoms with Gasteiger partial charge in [-0.15, -0.1) is 0 Å². The van der Waals surface area contributed by atoms with E-state index in [0.29, 0.717) is 25.1 Å². The highest BCUT2D eigenvalue weighted by molar-refractivity contribution is 6.01. The molecule has 0 amide bonds. The Morgan fingerprint density at radius 3 is 2.62 bits per heavy atom. The van der Waals surface area contributed by atoms with Gasteiger partial charge in [0.25, 0.3) is 0 Å². The number of alkyl halides is 3. The first kappa shape index (κ1) is 25.2. The fourth-order valence-electron chi connectivity index (χ4n) is 5.97. The Morgan fingerprint density at radius 2 is 1.95 bits per heavy atom. The van der Waals surface area contributed by atoms with E-state index in [2.05, 4.69) is 47.4 Å². The number of azo groups is 1. The summed E-state index contributed by atoms with van der Waals surface area (Å²) in [5.41, 5.74) is 3.58. The van der Waals surface area contributed by atoms with Crippen LogP contribution in [0.3, 0.4) is 0 Å². The molecule has 2 aliphatic heterocycles. The molecule has 0 saturated heterocycles. The predicted molar refractivity (Wildman–Crippen MR) is 135 cm³/mol. The maximum absolute atomic E-state index is 13.6. The molecule has 37 heavy (non-hydrogen) atoms. The van der Waals surface area contributed by atoms with Crippen molar-refractivity contribution in [3.8, 4) is 0 Å². The molecule has 9 heteroatoms. The van der Waals surface area contributed by atoms with E-state index in [0.717, 1.165) is 40.5 Å². The van der Waals surface area contributed by atoms with Crippen molar-refractivity contribution in [1.82, 2.24) is 10.3 Å². The Kier molecular flexibility index (Phi) is 6.00. The van der Waals surface area contributed by atoms with E-state index in [9.17, 15) is 18.0 Å². The van der Waals surface area contributed by atoms with Crippen LogP contribution in [0.5, 0.6) is 0 Å². The highest BCUT2D eigenvalue weighted by Gasteiger charge is 2.53. The first-order chi connectivity index (χ1) is 17.4. The van der Waals surface area contributed by atoms with Crippen LogP contribution in [0.4, 0.5) is 18.9 Å². The molecule has 5 rings (SSSR count). The second-order valence-corrected chi connectivity index (χ2v) is 10.9. The summed E-state index contributed by atoms with van der Waals surface area (Å²) in [6, 6.07) is 10.5. The van der Waals surface area contributed by atoms with Gasteiger partial charge in [0.15, 0.2) is 11.9 Å². The summed E-state index contributed by atoms with van der Waals surface area (Å²) in [5.74, 6) is 0.144. The molecule has 1 N–H and O–H groups in total. The van der Waals surface area contributed by atoms with Crippen molar-refractivity contribution in [2.45, 2.75) is 64.3 Å². The SMILES string of the molecule is CC[C@]1(c2cccc(CN(C)c3ccc(C(F)(F)F)nc3)c2)C2=CN=NC2NC2=C1C(=O)CC(C)(C)C2. The van der Waals surface area contributed by atoms with Crippen LogP contribution in [0.1, 0.15) is 56.9 Å². The van der Waals surface area contributed by atoms with Gasteiger partial charge in [-0.25, -0.2) is 4.98 Å². The zero-order chi connectivity index (χ0) is 26.6. The normalized spacial score (nSPS) is 24.4. The van der Waals surface area contributed by atoms with Crippen molar-refractivity contribution >= 4 is 11.5 Å². The maximum atomic E-state index is 13.6. The Balaban J connectivity index is 1.52. The van der Waals surface area contributed by atoms with Gasteiger partial charge in [-0.1, -0.05) is 45.0 Å². The van der Waals surface area contributed by atoms with Crippen LogP contribution >= 0.6 is 0 Å². The minimum Gasteiger partial charge on any atom is -0.369 e. The molecule has 1 unspecified atom stereocenters. The van der Waals surface area contributed by atoms with Gasteiger partial charge >= 0.3 is 6.18 Å². The van der Waals surface area contributed by atoms with Crippen LogP contribution in [0.25, 0.3) is 0 Å². The number of allylic oxidation sites excluding steroid dienone is 2. The Labute approximate surface area is 214 Å². The van der Waals surface area contributed by atoms with Crippen molar-refractivity contribution < 1.29 is 18.0 Å². The molecular weight excluding hydrogens is 479 g/mol. The van der Waals surface area contributed by atoms with Crippen molar-refractivity contribution in [2.24, 2.45) is 15.6 Å². The number of hydrogen-bond acceptors (Lipinski definition) is 6. The van der Waals surface area contributed by atoms with E-state index in [1.54, 1.807) is 6.20 Å². The molecule has 6 nitrogen and oxygen atoms in total. The van der Waals surface area contributed by atoms with E-state index in [1.807, 2.05) is 30.1 Å². The molecule has 3 heterocycles. The van der Waals surface area contributed by atoms with Gasteiger partial charge in [0, 0.05) is 36.9 Å². The topological polar surface area (TPSA) is 70.0 Å². The molecule has 3 aliphatic rings. The lowest BCUT2D eigenvalue weighted by atomic mass is 9.59. The number of fused-ring (bicyclic) bond motifs is 1. The third-order valence-corrected chi connectivity index (χ3v) is 7.63. The minimum absolute atomic E-state index is 0.139. The number of pyridine rings is 1. The highest BCUT2D eigenvalue weighted by atomic mass is 19.4. The fraction of sp³-hybridized carbons (Fsp3) is 0.429. The summed E-state index contributed by atoms with van der Waals surface area (Å²) >= 11 is 0. The summed E-state index contributed by atoms with van der Waals surface area (Å²) in [7, 11) is 1.82. The molecule has 0 saturated carbocycles. The lowest BCUT2D eigenvalue weighted by molar-refractivity contribution is -0.141. The molecular formula is C28H30F3N5O. The van der Waals surface area contributed by atoms with E-state index in [1.165, 1.54) is 12.3 Å².